The Morgan fingerprint density at radius 1 is 1.19 bits per heavy atom. The average molecular weight is 244 g/mol. The van der Waals surface area contributed by atoms with Crippen LogP contribution in [-0.2, 0) is 9.47 Å². The van der Waals surface area contributed by atoms with Gasteiger partial charge in [0.15, 0.2) is 5.44 Å². The molecule has 3 heteroatoms. The molecule has 0 aromatic carbocycles. The highest BCUT2D eigenvalue weighted by Crippen LogP contribution is 2.35. The standard InChI is InChI=1S/C13H24O2S/c1-7-13(10(2)3,11(4)5)15-12(16)8-9-14-6/h10-12,16H,7H2,1-6H3. The summed E-state index contributed by atoms with van der Waals surface area (Å²) in [6.07, 6.45) is 3.47. The van der Waals surface area contributed by atoms with Crippen LogP contribution in [0.15, 0.2) is 0 Å². The molecular formula is C13H24O2S. The Bertz CT molecular complexity index is 242. The third-order valence-electron chi connectivity index (χ3n) is 3.12. The van der Waals surface area contributed by atoms with Gasteiger partial charge in [0.1, 0.15) is 6.11 Å². The van der Waals surface area contributed by atoms with Crippen molar-refractivity contribution in [3.8, 4) is 12.0 Å². The molecule has 0 spiro atoms. The topological polar surface area (TPSA) is 18.5 Å². The summed E-state index contributed by atoms with van der Waals surface area (Å²) in [5.74, 6) is 3.66. The largest absolute Gasteiger partial charge is 0.450 e. The monoisotopic (exact) mass is 244 g/mol. The fourth-order valence-corrected chi connectivity index (χ4v) is 2.43. The third kappa shape index (κ3) is 3.92. The van der Waals surface area contributed by atoms with Gasteiger partial charge in [0, 0.05) is 0 Å². The van der Waals surface area contributed by atoms with E-state index in [1.807, 2.05) is 0 Å². The maximum Gasteiger partial charge on any atom is 0.166 e. The minimum absolute atomic E-state index is 0.172. The van der Waals surface area contributed by atoms with Crippen molar-refractivity contribution in [3.63, 3.8) is 0 Å². The van der Waals surface area contributed by atoms with E-state index in [1.165, 1.54) is 7.11 Å². The lowest BCUT2D eigenvalue weighted by molar-refractivity contribution is -0.109. The van der Waals surface area contributed by atoms with E-state index in [0.29, 0.717) is 11.8 Å². The SMILES string of the molecule is CCC(OC(S)C#COC)(C(C)C)C(C)C. The van der Waals surface area contributed by atoms with Gasteiger partial charge in [0.2, 0.25) is 0 Å². The summed E-state index contributed by atoms with van der Waals surface area (Å²) < 4.78 is 10.7. The molecule has 0 saturated heterocycles. The van der Waals surface area contributed by atoms with Crippen molar-refractivity contribution in [2.24, 2.45) is 11.8 Å². The molecule has 1 atom stereocenters. The minimum atomic E-state index is -0.398. The van der Waals surface area contributed by atoms with Crippen molar-refractivity contribution < 1.29 is 9.47 Å². The van der Waals surface area contributed by atoms with Gasteiger partial charge >= 0.3 is 0 Å². The Morgan fingerprint density at radius 2 is 1.69 bits per heavy atom. The normalized spacial score (nSPS) is 13.6. The lowest BCUT2D eigenvalue weighted by Crippen LogP contribution is -2.44. The van der Waals surface area contributed by atoms with Crippen LogP contribution in [0.1, 0.15) is 41.0 Å². The molecule has 0 bridgehead atoms. The van der Waals surface area contributed by atoms with Crippen LogP contribution in [0.4, 0.5) is 0 Å². The minimum Gasteiger partial charge on any atom is -0.450 e. The van der Waals surface area contributed by atoms with Gasteiger partial charge in [-0.25, -0.2) is 0 Å². The molecule has 0 aromatic rings. The zero-order chi connectivity index (χ0) is 12.8. The number of rotatable bonds is 5. The Morgan fingerprint density at radius 3 is 2.00 bits per heavy atom. The fraction of sp³-hybridized carbons (Fsp3) is 0.846. The first-order chi connectivity index (χ1) is 7.40. The second-order valence-electron chi connectivity index (χ2n) is 4.54. The van der Waals surface area contributed by atoms with Crippen LogP contribution in [0.2, 0.25) is 0 Å². The third-order valence-corrected chi connectivity index (χ3v) is 3.36. The molecule has 0 rings (SSSR count). The molecular weight excluding hydrogens is 220 g/mol. The zero-order valence-electron chi connectivity index (χ0n) is 11.2. The average Bonchev–Trinajstić information content (AvgIpc) is 2.22. The molecule has 0 aliphatic carbocycles. The molecule has 94 valence electrons. The number of ether oxygens (including phenoxy) is 2. The van der Waals surface area contributed by atoms with Gasteiger partial charge in [-0.3, -0.25) is 0 Å². The van der Waals surface area contributed by atoms with Gasteiger partial charge in [-0.05, 0) is 24.2 Å². The van der Waals surface area contributed by atoms with Crippen LogP contribution in [0.3, 0.4) is 0 Å². The Balaban J connectivity index is 4.79. The van der Waals surface area contributed by atoms with E-state index in [9.17, 15) is 0 Å². The van der Waals surface area contributed by atoms with Gasteiger partial charge in [-0.1, -0.05) is 34.6 Å². The predicted octanol–water partition coefficient (Wildman–Crippen LogP) is 3.33. The molecule has 0 aliphatic heterocycles. The molecule has 0 fully saturated rings. The molecule has 0 radical (unpaired) electrons. The molecule has 0 amide bonds. The van der Waals surface area contributed by atoms with Crippen LogP contribution in [0.5, 0.6) is 0 Å². The van der Waals surface area contributed by atoms with Crippen molar-refractivity contribution in [3.05, 3.63) is 0 Å². The van der Waals surface area contributed by atoms with Crippen molar-refractivity contribution in [2.75, 3.05) is 7.11 Å². The highest BCUT2D eigenvalue weighted by Gasteiger charge is 2.37. The molecule has 0 heterocycles. The van der Waals surface area contributed by atoms with Gasteiger partial charge in [0.05, 0.1) is 12.7 Å². The van der Waals surface area contributed by atoms with E-state index in [0.717, 1.165) is 6.42 Å². The molecule has 0 saturated carbocycles. The van der Waals surface area contributed by atoms with E-state index in [1.54, 1.807) is 0 Å². The van der Waals surface area contributed by atoms with Crippen molar-refractivity contribution in [2.45, 2.75) is 52.1 Å². The summed E-state index contributed by atoms with van der Waals surface area (Å²) in [4.78, 5) is 0. The van der Waals surface area contributed by atoms with Crippen LogP contribution in [0.25, 0.3) is 0 Å². The maximum absolute atomic E-state index is 6.02. The van der Waals surface area contributed by atoms with Crippen LogP contribution in [0, 0.1) is 23.9 Å². The highest BCUT2D eigenvalue weighted by atomic mass is 32.1. The molecule has 0 aromatic heterocycles. The summed E-state index contributed by atoms with van der Waals surface area (Å²) in [5.41, 5.74) is -0.570. The number of thiol groups is 1. The van der Waals surface area contributed by atoms with Crippen molar-refractivity contribution in [1.82, 2.24) is 0 Å². The molecule has 16 heavy (non-hydrogen) atoms. The maximum atomic E-state index is 6.02. The first kappa shape index (κ1) is 15.7. The summed E-state index contributed by atoms with van der Waals surface area (Å²) in [6.45, 7) is 10.8. The fourth-order valence-electron chi connectivity index (χ4n) is 2.19. The second kappa shape index (κ2) is 7.09. The van der Waals surface area contributed by atoms with Crippen LogP contribution >= 0.6 is 12.6 Å². The first-order valence-corrected chi connectivity index (χ1v) is 6.31. The van der Waals surface area contributed by atoms with E-state index >= 15 is 0 Å². The molecule has 0 aliphatic rings. The molecule has 1 unspecified atom stereocenters. The van der Waals surface area contributed by atoms with Crippen LogP contribution < -0.4 is 0 Å². The van der Waals surface area contributed by atoms with E-state index < -0.39 is 5.44 Å². The first-order valence-electron chi connectivity index (χ1n) is 5.80. The lowest BCUT2D eigenvalue weighted by atomic mass is 9.78. The van der Waals surface area contributed by atoms with Crippen molar-refractivity contribution in [1.29, 1.82) is 0 Å². The smallest absolute Gasteiger partial charge is 0.166 e. The van der Waals surface area contributed by atoms with E-state index in [2.05, 4.69) is 59.3 Å². The Hall–Kier alpha value is -0.330. The van der Waals surface area contributed by atoms with Gasteiger partial charge < -0.3 is 9.47 Å². The number of hydrogen-bond donors (Lipinski definition) is 1. The predicted molar refractivity (Wildman–Crippen MR) is 71.3 cm³/mol. The van der Waals surface area contributed by atoms with Gasteiger partial charge in [-0.2, -0.15) is 0 Å². The van der Waals surface area contributed by atoms with Gasteiger partial charge in [-0.15, -0.1) is 12.6 Å². The Labute approximate surface area is 105 Å². The molecule has 2 nitrogen and oxygen atoms in total. The summed E-state index contributed by atoms with van der Waals surface area (Å²) in [6, 6.07) is 0. The number of hydrogen-bond acceptors (Lipinski definition) is 3. The zero-order valence-corrected chi connectivity index (χ0v) is 12.1. The quantitative estimate of drug-likeness (QED) is 0.454. The molecule has 0 N–H and O–H groups in total. The second-order valence-corrected chi connectivity index (χ2v) is 5.01. The summed E-state index contributed by atoms with van der Waals surface area (Å²) >= 11 is 4.32. The number of methoxy groups -OCH3 is 1. The van der Waals surface area contributed by atoms with Crippen LogP contribution in [-0.4, -0.2) is 18.1 Å². The van der Waals surface area contributed by atoms with E-state index in [4.69, 9.17) is 9.47 Å². The Kier molecular flexibility index (Phi) is 6.94. The van der Waals surface area contributed by atoms with Gasteiger partial charge in [0.25, 0.3) is 0 Å². The van der Waals surface area contributed by atoms with Crippen molar-refractivity contribution >= 4 is 12.6 Å². The van der Waals surface area contributed by atoms with E-state index in [-0.39, 0.29) is 5.60 Å². The highest BCUT2D eigenvalue weighted by molar-refractivity contribution is 7.81. The summed E-state index contributed by atoms with van der Waals surface area (Å²) in [7, 11) is 1.53. The lowest BCUT2D eigenvalue weighted by Gasteiger charge is -2.41. The summed E-state index contributed by atoms with van der Waals surface area (Å²) in [5, 5.41) is 0.